The van der Waals surface area contributed by atoms with Crippen LogP contribution in [0.4, 0.5) is 13.2 Å². The zero-order valence-electron chi connectivity index (χ0n) is 10.2. The maximum absolute atomic E-state index is 11.8. The second-order valence-electron chi connectivity index (χ2n) is 4.03. The second kappa shape index (κ2) is 6.53. The van der Waals surface area contributed by atoms with Gasteiger partial charge in [0, 0.05) is 6.54 Å². The number of rotatable bonds is 6. The highest BCUT2D eigenvalue weighted by atomic mass is 19.4. The molecule has 1 aromatic carbocycles. The Kier molecular flexibility index (Phi) is 5.31. The van der Waals surface area contributed by atoms with Crippen LogP contribution in [-0.4, -0.2) is 23.9 Å². The zero-order valence-corrected chi connectivity index (χ0v) is 10.2. The number of alkyl halides is 3. The minimum Gasteiger partial charge on any atom is -0.481 e. The first-order chi connectivity index (χ1) is 8.79. The lowest BCUT2D eigenvalue weighted by Gasteiger charge is -2.10. The molecule has 0 aromatic heterocycles. The van der Waals surface area contributed by atoms with E-state index in [9.17, 15) is 18.0 Å². The number of carboxylic acid groups (broad SMARTS) is 1. The molecule has 0 radical (unpaired) electrons. The molecule has 106 valence electrons. The molecule has 0 aliphatic rings. The molecule has 0 aliphatic heterocycles. The lowest BCUT2D eigenvalue weighted by molar-refractivity contribution is -0.190. The fourth-order valence-electron chi connectivity index (χ4n) is 1.33. The molecule has 1 unspecified atom stereocenters. The lowest BCUT2D eigenvalue weighted by Crippen LogP contribution is -2.24. The van der Waals surface area contributed by atoms with Crippen molar-refractivity contribution < 1.29 is 27.9 Å². The summed E-state index contributed by atoms with van der Waals surface area (Å²) in [5.41, 5.74) is 3.52. The van der Waals surface area contributed by atoms with Crippen LogP contribution in [0, 0.1) is 0 Å². The van der Waals surface area contributed by atoms with E-state index in [1.165, 1.54) is 0 Å². The van der Waals surface area contributed by atoms with Crippen LogP contribution in [0.2, 0.25) is 0 Å². The number of carboxylic acids is 1. The quantitative estimate of drug-likeness (QED) is 0.619. The molecule has 19 heavy (non-hydrogen) atoms. The van der Waals surface area contributed by atoms with E-state index < -0.39 is 24.7 Å². The molecular weight excluding hydrogens is 263 g/mol. The Hall–Kier alpha value is -1.60. The van der Waals surface area contributed by atoms with E-state index in [1.807, 2.05) is 0 Å². The van der Waals surface area contributed by atoms with Crippen molar-refractivity contribution in [3.63, 3.8) is 0 Å². The normalized spacial score (nSPS) is 13.3. The summed E-state index contributed by atoms with van der Waals surface area (Å²) in [5, 5.41) is 8.82. The van der Waals surface area contributed by atoms with Crippen molar-refractivity contribution in [2.24, 2.45) is 0 Å². The highest BCUT2D eigenvalue weighted by Crippen LogP contribution is 2.16. The van der Waals surface area contributed by atoms with Crippen molar-refractivity contribution in [1.82, 2.24) is 5.48 Å². The van der Waals surface area contributed by atoms with Gasteiger partial charge < -0.3 is 5.11 Å². The van der Waals surface area contributed by atoms with Crippen LogP contribution in [0.1, 0.15) is 24.0 Å². The summed E-state index contributed by atoms with van der Waals surface area (Å²) in [4.78, 5) is 15.0. The molecule has 0 amide bonds. The topological polar surface area (TPSA) is 58.6 Å². The van der Waals surface area contributed by atoms with Gasteiger partial charge in [-0.1, -0.05) is 24.3 Å². The van der Waals surface area contributed by atoms with Crippen molar-refractivity contribution in [1.29, 1.82) is 0 Å². The molecule has 4 nitrogen and oxygen atoms in total. The van der Waals surface area contributed by atoms with Gasteiger partial charge in [-0.05, 0) is 18.1 Å². The predicted octanol–water partition coefficient (Wildman–Crippen LogP) is 2.46. The first-order valence-corrected chi connectivity index (χ1v) is 5.52. The van der Waals surface area contributed by atoms with Gasteiger partial charge >= 0.3 is 12.1 Å². The summed E-state index contributed by atoms with van der Waals surface area (Å²) in [5.74, 6) is -1.55. The lowest BCUT2D eigenvalue weighted by atomic mass is 10.0. The van der Waals surface area contributed by atoms with Gasteiger partial charge in [-0.3, -0.25) is 9.63 Å². The summed E-state index contributed by atoms with van der Waals surface area (Å²) in [6.07, 6.45) is -4.37. The predicted molar refractivity (Wildman–Crippen MR) is 61.3 cm³/mol. The van der Waals surface area contributed by atoms with Gasteiger partial charge in [0.25, 0.3) is 0 Å². The molecule has 0 heterocycles. The third-order valence-corrected chi connectivity index (χ3v) is 2.46. The van der Waals surface area contributed by atoms with E-state index in [1.54, 1.807) is 31.2 Å². The van der Waals surface area contributed by atoms with Gasteiger partial charge in [0.15, 0.2) is 6.61 Å². The van der Waals surface area contributed by atoms with Crippen LogP contribution >= 0.6 is 0 Å². The number of carbonyl (C=O) groups is 1. The van der Waals surface area contributed by atoms with Crippen LogP contribution in [-0.2, 0) is 16.2 Å². The zero-order chi connectivity index (χ0) is 14.5. The first-order valence-electron chi connectivity index (χ1n) is 5.52. The number of hydroxylamine groups is 1. The summed E-state index contributed by atoms with van der Waals surface area (Å²) in [6, 6.07) is 6.52. The Morgan fingerprint density at radius 1 is 1.37 bits per heavy atom. The Bertz CT molecular complexity index is 417. The Morgan fingerprint density at radius 3 is 2.42 bits per heavy atom. The molecule has 7 heteroatoms. The van der Waals surface area contributed by atoms with Crippen LogP contribution in [0.15, 0.2) is 24.3 Å². The molecule has 0 saturated heterocycles. The molecule has 1 aromatic rings. The largest absolute Gasteiger partial charge is 0.481 e. The van der Waals surface area contributed by atoms with E-state index in [0.717, 1.165) is 0 Å². The summed E-state index contributed by atoms with van der Waals surface area (Å²) in [7, 11) is 0. The summed E-state index contributed by atoms with van der Waals surface area (Å²) < 4.78 is 35.3. The second-order valence-corrected chi connectivity index (χ2v) is 4.03. The minimum absolute atomic E-state index is 0.109. The van der Waals surface area contributed by atoms with Gasteiger partial charge in [0.2, 0.25) is 0 Å². The molecule has 0 fully saturated rings. The third kappa shape index (κ3) is 5.71. The Balaban J connectivity index is 2.43. The van der Waals surface area contributed by atoms with Crippen molar-refractivity contribution in [2.45, 2.75) is 25.6 Å². The third-order valence-electron chi connectivity index (χ3n) is 2.46. The summed E-state index contributed by atoms with van der Waals surface area (Å²) >= 11 is 0. The Labute approximate surface area is 108 Å². The van der Waals surface area contributed by atoms with Crippen molar-refractivity contribution >= 4 is 5.97 Å². The van der Waals surface area contributed by atoms with Crippen LogP contribution in [0.5, 0.6) is 0 Å². The molecular formula is C12H14F3NO3. The maximum Gasteiger partial charge on any atom is 0.413 e. The van der Waals surface area contributed by atoms with Crippen LogP contribution in [0.25, 0.3) is 0 Å². The van der Waals surface area contributed by atoms with Crippen molar-refractivity contribution in [3.05, 3.63) is 35.4 Å². The monoisotopic (exact) mass is 277 g/mol. The van der Waals surface area contributed by atoms with Gasteiger partial charge in [-0.25, -0.2) is 0 Å². The number of aliphatic carboxylic acids is 1. The van der Waals surface area contributed by atoms with E-state index in [-0.39, 0.29) is 6.54 Å². The standard InChI is InChI=1S/C12H14F3NO3/c1-8(11(17)18)10-4-2-9(3-5-10)6-16-19-7-12(13,14)15/h2-5,8,16H,6-7H2,1H3,(H,17,18). The van der Waals surface area contributed by atoms with E-state index in [2.05, 4.69) is 10.3 Å². The number of nitrogens with one attached hydrogen (secondary N) is 1. The maximum atomic E-state index is 11.8. The highest BCUT2D eigenvalue weighted by molar-refractivity contribution is 5.75. The SMILES string of the molecule is CC(C(=O)O)c1ccc(CNOCC(F)(F)F)cc1. The highest BCUT2D eigenvalue weighted by Gasteiger charge is 2.27. The Morgan fingerprint density at radius 2 is 1.95 bits per heavy atom. The molecule has 0 aliphatic carbocycles. The van der Waals surface area contributed by atoms with Crippen molar-refractivity contribution in [2.75, 3.05) is 6.61 Å². The molecule has 1 rings (SSSR count). The minimum atomic E-state index is -4.37. The van der Waals surface area contributed by atoms with E-state index in [4.69, 9.17) is 5.11 Å². The van der Waals surface area contributed by atoms with E-state index >= 15 is 0 Å². The molecule has 1 atom stereocenters. The number of benzene rings is 1. The average molecular weight is 277 g/mol. The van der Waals surface area contributed by atoms with E-state index in [0.29, 0.717) is 11.1 Å². The molecule has 0 spiro atoms. The average Bonchev–Trinajstić information content (AvgIpc) is 2.33. The fraction of sp³-hybridized carbons (Fsp3) is 0.417. The van der Waals surface area contributed by atoms with Crippen molar-refractivity contribution in [3.8, 4) is 0 Å². The first kappa shape index (κ1) is 15.5. The molecule has 0 bridgehead atoms. The molecule has 0 saturated carbocycles. The van der Waals surface area contributed by atoms with Gasteiger partial charge in [-0.2, -0.15) is 18.7 Å². The van der Waals surface area contributed by atoms with Crippen LogP contribution < -0.4 is 5.48 Å². The number of hydrogen-bond donors (Lipinski definition) is 2. The number of halogens is 3. The van der Waals surface area contributed by atoms with Gasteiger partial charge in [-0.15, -0.1) is 0 Å². The number of hydrogen-bond acceptors (Lipinski definition) is 3. The van der Waals surface area contributed by atoms with Gasteiger partial charge in [0.1, 0.15) is 0 Å². The van der Waals surface area contributed by atoms with Gasteiger partial charge in [0.05, 0.1) is 5.92 Å². The smallest absolute Gasteiger partial charge is 0.413 e. The molecule has 2 N–H and O–H groups in total. The van der Waals surface area contributed by atoms with Crippen LogP contribution in [0.3, 0.4) is 0 Å². The summed E-state index contributed by atoms with van der Waals surface area (Å²) in [6.45, 7) is 0.307. The fourth-order valence-corrected chi connectivity index (χ4v) is 1.33.